The summed E-state index contributed by atoms with van der Waals surface area (Å²) in [6.07, 6.45) is 13.3. The minimum atomic E-state index is -0.939. The minimum Gasteiger partial charge on any atom is -0.377 e. The van der Waals surface area contributed by atoms with E-state index in [1.807, 2.05) is 16.1 Å². The maximum atomic E-state index is 13.9. The van der Waals surface area contributed by atoms with E-state index in [1.54, 1.807) is 52.6 Å². The molecule has 4 aliphatic rings. The lowest BCUT2D eigenvalue weighted by Gasteiger charge is -2.45. The van der Waals surface area contributed by atoms with Crippen molar-refractivity contribution in [3.63, 3.8) is 0 Å². The van der Waals surface area contributed by atoms with E-state index < -0.39 is 23.3 Å². The molecule has 0 unspecified atom stereocenters. The number of ether oxygens (including phenoxy) is 2. The number of hydrogen-bond acceptors (Lipinski definition) is 14. The first-order chi connectivity index (χ1) is 31.7. The van der Waals surface area contributed by atoms with Gasteiger partial charge in [-0.15, -0.1) is 20.4 Å². The minimum absolute atomic E-state index is 0.00454. The molecule has 0 saturated carbocycles. The first-order valence-electron chi connectivity index (χ1n) is 21.0. The van der Waals surface area contributed by atoms with Gasteiger partial charge in [0.25, 0.3) is 0 Å². The molecule has 10 heterocycles. The van der Waals surface area contributed by atoms with Crippen molar-refractivity contribution in [3.8, 4) is 46.0 Å². The maximum absolute atomic E-state index is 13.9. The molecule has 0 amide bonds. The number of anilines is 2. The van der Waals surface area contributed by atoms with Crippen LogP contribution in [0.5, 0.6) is 0 Å². The quantitative estimate of drug-likeness (QED) is 0.162. The van der Waals surface area contributed by atoms with E-state index in [0.717, 1.165) is 77.6 Å². The van der Waals surface area contributed by atoms with Crippen LogP contribution in [0.3, 0.4) is 0 Å². The molecule has 2 aromatic carbocycles. The number of aromatic nitrogens is 14. The highest BCUT2D eigenvalue weighted by Crippen LogP contribution is 2.43. The van der Waals surface area contributed by atoms with Crippen LogP contribution < -0.4 is 9.80 Å². The predicted molar refractivity (Wildman–Crippen MR) is 224 cm³/mol. The standard InChI is InChI=1S/C22H20F2N8O.C21H18F2N8O/c1-3-17-21-29-28-12(2)31(21)18-9-26-22(27-20(18)32(17)14-10-33-11-14)30-7-6-25-19(30)13-4-5-15(23)16(24)8-13;1-2-16-20-28-26-11-30(20)17-8-25-21(27-19(17)31(16)13-9-32-10-13)29-6-5-24-18(29)12-3-4-14(22)15(23)7-12/h4-9,14,17H,3,10-11H2,1-2H3;3-8,11,13,16H,2,9-10H2,1H3/t17-;16-/m11/s1. The molecule has 330 valence electrons. The number of fused-ring (bicyclic) bond motifs is 6. The van der Waals surface area contributed by atoms with E-state index >= 15 is 0 Å². The van der Waals surface area contributed by atoms with Crippen molar-refractivity contribution < 1.29 is 27.0 Å². The van der Waals surface area contributed by atoms with E-state index in [9.17, 15) is 17.6 Å². The number of benzene rings is 2. The molecule has 22 heteroatoms. The first-order valence-corrected chi connectivity index (χ1v) is 21.0. The Morgan fingerprint density at radius 2 is 1.12 bits per heavy atom. The number of aryl methyl sites for hydroxylation is 1. The maximum Gasteiger partial charge on any atom is 0.237 e. The second-order valence-electron chi connectivity index (χ2n) is 15.8. The largest absolute Gasteiger partial charge is 0.377 e. The number of imidazole rings is 2. The van der Waals surface area contributed by atoms with Crippen molar-refractivity contribution in [1.82, 2.24) is 68.6 Å². The Morgan fingerprint density at radius 1 is 0.600 bits per heavy atom. The second-order valence-corrected chi connectivity index (χ2v) is 15.8. The molecule has 18 nitrogen and oxygen atoms in total. The average molecular weight is 887 g/mol. The summed E-state index contributed by atoms with van der Waals surface area (Å²) in [6.45, 7) is 8.53. The van der Waals surface area contributed by atoms with Crippen LogP contribution in [0, 0.1) is 30.2 Å². The normalized spacial score (nSPS) is 17.6. The summed E-state index contributed by atoms with van der Waals surface area (Å²) in [7, 11) is 0. The Morgan fingerprint density at radius 3 is 1.63 bits per heavy atom. The molecular weight excluding hydrogens is 849 g/mol. The summed E-state index contributed by atoms with van der Waals surface area (Å²) in [5.74, 6) is 1.82. The Balaban J connectivity index is 0.000000144. The molecule has 65 heavy (non-hydrogen) atoms. The van der Waals surface area contributed by atoms with Crippen molar-refractivity contribution in [1.29, 1.82) is 0 Å². The van der Waals surface area contributed by atoms with Gasteiger partial charge in [0, 0.05) is 35.9 Å². The van der Waals surface area contributed by atoms with E-state index in [-0.39, 0.29) is 24.2 Å². The van der Waals surface area contributed by atoms with Crippen molar-refractivity contribution in [3.05, 3.63) is 121 Å². The molecule has 0 bridgehead atoms. The van der Waals surface area contributed by atoms with Crippen LogP contribution in [0.1, 0.15) is 56.2 Å². The van der Waals surface area contributed by atoms with Gasteiger partial charge < -0.3 is 19.3 Å². The van der Waals surface area contributed by atoms with E-state index in [0.29, 0.717) is 61.1 Å². The SMILES string of the molecule is CC[C@@H]1c2nnc(C)n2-c2cnc(-n3ccnc3-c3ccc(F)c(F)c3)nc2N1C1COC1.CC[C@@H]1c2nncn2-c2cnc(-n3ccnc3-c3ccc(F)c(F)c3)nc2N1C1COC1. The summed E-state index contributed by atoms with van der Waals surface area (Å²) in [4.78, 5) is 32.0. The van der Waals surface area contributed by atoms with Crippen molar-refractivity contribution in [2.75, 3.05) is 36.2 Å². The Bertz CT molecular complexity index is 3090. The molecule has 0 aliphatic carbocycles. The summed E-state index contributed by atoms with van der Waals surface area (Å²) >= 11 is 0. The molecule has 2 fully saturated rings. The molecule has 4 aliphatic heterocycles. The smallest absolute Gasteiger partial charge is 0.237 e. The topological polar surface area (TPSA) is 174 Å². The highest BCUT2D eigenvalue weighted by molar-refractivity contribution is 5.66. The van der Waals surface area contributed by atoms with E-state index in [1.165, 1.54) is 12.1 Å². The third kappa shape index (κ3) is 6.61. The Hall–Kier alpha value is -7.46. The van der Waals surface area contributed by atoms with Crippen LogP contribution in [0.15, 0.2) is 79.9 Å². The molecule has 0 spiro atoms. The molecule has 0 N–H and O–H groups in total. The fourth-order valence-corrected chi connectivity index (χ4v) is 8.76. The van der Waals surface area contributed by atoms with Gasteiger partial charge in [-0.2, -0.15) is 9.97 Å². The average Bonchev–Trinajstić information content (AvgIpc) is 4.13. The molecule has 6 aromatic heterocycles. The third-order valence-electron chi connectivity index (χ3n) is 12.0. The van der Waals surface area contributed by atoms with Gasteiger partial charge in [0.15, 0.2) is 46.6 Å². The van der Waals surface area contributed by atoms with Gasteiger partial charge in [0.1, 0.15) is 35.2 Å². The van der Waals surface area contributed by atoms with Crippen molar-refractivity contribution in [2.24, 2.45) is 0 Å². The molecule has 8 aromatic rings. The lowest BCUT2D eigenvalue weighted by atomic mass is 10.0. The number of hydrogen-bond donors (Lipinski definition) is 0. The van der Waals surface area contributed by atoms with Crippen LogP contribution in [0.2, 0.25) is 0 Å². The monoisotopic (exact) mass is 886 g/mol. The van der Waals surface area contributed by atoms with E-state index in [2.05, 4.69) is 64.0 Å². The van der Waals surface area contributed by atoms with Gasteiger partial charge in [-0.1, -0.05) is 13.8 Å². The first kappa shape index (κ1) is 40.3. The van der Waals surface area contributed by atoms with Gasteiger partial charge in [-0.3, -0.25) is 18.3 Å². The Kier molecular flexibility index (Phi) is 9.90. The van der Waals surface area contributed by atoms with Gasteiger partial charge in [0.2, 0.25) is 11.9 Å². The summed E-state index contributed by atoms with van der Waals surface area (Å²) in [6, 6.07) is 7.66. The number of nitrogens with zero attached hydrogens (tertiary/aromatic N) is 16. The Labute approximate surface area is 367 Å². The van der Waals surface area contributed by atoms with Gasteiger partial charge in [-0.25, -0.2) is 37.5 Å². The summed E-state index contributed by atoms with van der Waals surface area (Å²) < 4.78 is 72.7. The van der Waals surface area contributed by atoms with Gasteiger partial charge in [-0.05, 0) is 56.2 Å². The molecule has 0 radical (unpaired) electrons. The third-order valence-corrected chi connectivity index (χ3v) is 12.0. The number of halogens is 4. The van der Waals surface area contributed by atoms with Crippen LogP contribution in [-0.2, 0) is 9.47 Å². The van der Waals surface area contributed by atoms with Crippen LogP contribution in [0.25, 0.3) is 46.0 Å². The fraction of sp³-hybridized carbons (Fsp3) is 0.302. The van der Waals surface area contributed by atoms with Crippen molar-refractivity contribution >= 4 is 11.6 Å². The molecular formula is C43H38F4N16O2. The zero-order valence-electron chi connectivity index (χ0n) is 35.0. The highest BCUT2D eigenvalue weighted by atomic mass is 19.2. The van der Waals surface area contributed by atoms with Gasteiger partial charge >= 0.3 is 0 Å². The lowest BCUT2D eigenvalue weighted by molar-refractivity contribution is 0.00334. The highest BCUT2D eigenvalue weighted by Gasteiger charge is 2.42. The molecule has 2 atom stereocenters. The fourth-order valence-electron chi connectivity index (χ4n) is 8.76. The molecule has 2 saturated heterocycles. The van der Waals surface area contributed by atoms with Crippen LogP contribution in [0.4, 0.5) is 29.2 Å². The zero-order chi connectivity index (χ0) is 44.5. The van der Waals surface area contributed by atoms with Crippen LogP contribution >= 0.6 is 0 Å². The van der Waals surface area contributed by atoms with Gasteiger partial charge in [0.05, 0.1) is 63.0 Å². The number of rotatable bonds is 8. The van der Waals surface area contributed by atoms with Crippen molar-refractivity contribution in [2.45, 2.75) is 57.8 Å². The predicted octanol–water partition coefficient (Wildman–Crippen LogP) is 6.02. The van der Waals surface area contributed by atoms with Crippen LogP contribution in [-0.4, -0.2) is 107 Å². The summed E-state index contributed by atoms with van der Waals surface area (Å²) in [5, 5.41) is 17.2. The van der Waals surface area contributed by atoms with E-state index in [4.69, 9.17) is 19.4 Å². The lowest BCUT2D eigenvalue weighted by Crippen LogP contribution is -2.53. The molecule has 12 rings (SSSR count). The zero-order valence-corrected chi connectivity index (χ0v) is 35.0. The summed E-state index contributed by atoms with van der Waals surface area (Å²) in [5.41, 5.74) is 2.42. The second kappa shape index (κ2) is 16.0.